The third-order valence-electron chi connectivity index (χ3n) is 0.937. The SMILES string of the molecule is CSc1nc(N)nc(N=[N+]=[N-])n1. The lowest BCUT2D eigenvalue weighted by molar-refractivity contribution is 0.914. The predicted molar refractivity (Wildman–Crippen MR) is 44.8 cm³/mol. The summed E-state index contributed by atoms with van der Waals surface area (Å²) < 4.78 is 0. The van der Waals surface area contributed by atoms with Crippen LogP contribution >= 0.6 is 11.8 Å². The van der Waals surface area contributed by atoms with Crippen molar-refractivity contribution in [3.05, 3.63) is 10.4 Å². The number of anilines is 1. The fraction of sp³-hybridized carbons (Fsp3) is 0.250. The molecule has 0 spiro atoms. The van der Waals surface area contributed by atoms with Crippen LogP contribution in [0, 0.1) is 0 Å². The molecule has 0 aliphatic rings. The molecule has 1 heterocycles. The Hall–Kier alpha value is -1.53. The molecular formula is C4H5N7S. The van der Waals surface area contributed by atoms with Gasteiger partial charge in [-0.15, -0.1) is 0 Å². The van der Waals surface area contributed by atoms with Gasteiger partial charge in [-0.1, -0.05) is 11.8 Å². The van der Waals surface area contributed by atoms with Crippen LogP contribution < -0.4 is 5.73 Å². The van der Waals surface area contributed by atoms with Crippen molar-refractivity contribution >= 4 is 23.7 Å². The number of azide groups is 1. The normalized spacial score (nSPS) is 9.08. The second kappa shape index (κ2) is 3.74. The lowest BCUT2D eigenvalue weighted by Gasteiger charge is -1.96. The minimum atomic E-state index is -0.00523. The van der Waals surface area contributed by atoms with Gasteiger partial charge in [-0.2, -0.15) is 9.97 Å². The molecule has 0 aliphatic carbocycles. The molecule has 0 unspecified atom stereocenters. The molecule has 0 aromatic carbocycles. The number of nitrogens with zero attached hydrogens (tertiary/aromatic N) is 6. The molecule has 2 N–H and O–H groups in total. The molecule has 1 rings (SSSR count). The number of nitrogens with two attached hydrogens (primary N) is 1. The van der Waals surface area contributed by atoms with E-state index in [2.05, 4.69) is 25.0 Å². The van der Waals surface area contributed by atoms with Crippen LogP contribution in [-0.2, 0) is 0 Å². The zero-order chi connectivity index (χ0) is 8.97. The minimum absolute atomic E-state index is 0.00523. The fourth-order valence-corrected chi connectivity index (χ4v) is 0.895. The topological polar surface area (TPSA) is 113 Å². The van der Waals surface area contributed by atoms with Gasteiger partial charge < -0.3 is 5.73 Å². The van der Waals surface area contributed by atoms with Crippen LogP contribution in [-0.4, -0.2) is 21.2 Å². The Labute approximate surface area is 72.1 Å². The monoisotopic (exact) mass is 183 g/mol. The van der Waals surface area contributed by atoms with Crippen LogP contribution in [0.5, 0.6) is 0 Å². The van der Waals surface area contributed by atoms with E-state index in [1.165, 1.54) is 11.8 Å². The average Bonchev–Trinajstić information content (AvgIpc) is 2.04. The molecule has 0 saturated heterocycles. The highest BCUT2D eigenvalue weighted by atomic mass is 32.2. The lowest BCUT2D eigenvalue weighted by Crippen LogP contribution is -1.97. The molecule has 7 nitrogen and oxygen atoms in total. The van der Waals surface area contributed by atoms with Crippen molar-refractivity contribution in [1.29, 1.82) is 0 Å². The van der Waals surface area contributed by atoms with Crippen molar-refractivity contribution in [3.8, 4) is 0 Å². The Kier molecular flexibility index (Phi) is 2.67. The second-order valence-corrected chi connectivity index (χ2v) is 2.44. The third-order valence-corrected chi connectivity index (χ3v) is 1.48. The Balaban J connectivity index is 3.14. The van der Waals surface area contributed by atoms with E-state index in [4.69, 9.17) is 11.3 Å². The highest BCUT2D eigenvalue weighted by molar-refractivity contribution is 7.98. The predicted octanol–water partition coefficient (Wildman–Crippen LogP) is 1.12. The maximum absolute atomic E-state index is 8.08. The van der Waals surface area contributed by atoms with Crippen LogP contribution in [0.25, 0.3) is 10.4 Å². The fourth-order valence-electron chi connectivity index (χ4n) is 0.537. The maximum Gasteiger partial charge on any atom is 0.224 e. The van der Waals surface area contributed by atoms with Crippen molar-refractivity contribution in [1.82, 2.24) is 15.0 Å². The molecule has 8 heteroatoms. The molecule has 1 aromatic rings. The van der Waals surface area contributed by atoms with Crippen LogP contribution in [0.1, 0.15) is 0 Å². The smallest absolute Gasteiger partial charge is 0.224 e. The summed E-state index contributed by atoms with van der Waals surface area (Å²) in [4.78, 5) is 13.7. The van der Waals surface area contributed by atoms with Gasteiger partial charge in [0.25, 0.3) is 0 Å². The maximum atomic E-state index is 8.08. The molecule has 62 valence electrons. The summed E-state index contributed by atoms with van der Waals surface area (Å²) in [5.41, 5.74) is 13.4. The Morgan fingerprint density at radius 2 is 2.25 bits per heavy atom. The van der Waals surface area contributed by atoms with E-state index in [1.54, 1.807) is 6.26 Å². The van der Waals surface area contributed by atoms with Crippen molar-refractivity contribution in [2.24, 2.45) is 5.11 Å². The minimum Gasteiger partial charge on any atom is -0.368 e. The van der Waals surface area contributed by atoms with Gasteiger partial charge >= 0.3 is 0 Å². The number of hydrogen-bond acceptors (Lipinski definition) is 6. The molecule has 12 heavy (non-hydrogen) atoms. The van der Waals surface area contributed by atoms with E-state index >= 15 is 0 Å². The third kappa shape index (κ3) is 1.97. The van der Waals surface area contributed by atoms with E-state index in [0.717, 1.165) is 0 Å². The van der Waals surface area contributed by atoms with Gasteiger partial charge in [0.1, 0.15) is 0 Å². The first kappa shape index (κ1) is 8.57. The Morgan fingerprint density at radius 1 is 1.50 bits per heavy atom. The first-order valence-corrected chi connectivity index (χ1v) is 4.09. The van der Waals surface area contributed by atoms with Gasteiger partial charge in [0.15, 0.2) is 5.16 Å². The van der Waals surface area contributed by atoms with Crippen LogP contribution in [0.2, 0.25) is 0 Å². The number of thioether (sulfide) groups is 1. The van der Waals surface area contributed by atoms with E-state index in [0.29, 0.717) is 5.16 Å². The largest absolute Gasteiger partial charge is 0.368 e. The van der Waals surface area contributed by atoms with E-state index in [-0.39, 0.29) is 11.9 Å². The highest BCUT2D eigenvalue weighted by Gasteiger charge is 1.99. The summed E-state index contributed by atoms with van der Waals surface area (Å²) in [6.45, 7) is 0. The van der Waals surface area contributed by atoms with E-state index < -0.39 is 0 Å². The number of aromatic nitrogens is 3. The van der Waals surface area contributed by atoms with Crippen molar-refractivity contribution in [2.45, 2.75) is 5.16 Å². The molecule has 0 aliphatic heterocycles. The molecular weight excluding hydrogens is 178 g/mol. The molecule has 0 amide bonds. The Morgan fingerprint density at radius 3 is 2.83 bits per heavy atom. The zero-order valence-corrected chi connectivity index (χ0v) is 6.99. The molecule has 0 saturated carbocycles. The van der Waals surface area contributed by atoms with Crippen LogP contribution in [0.3, 0.4) is 0 Å². The number of nitrogen functional groups attached to an aromatic ring is 1. The van der Waals surface area contributed by atoms with Crippen molar-refractivity contribution in [3.63, 3.8) is 0 Å². The summed E-state index contributed by atoms with van der Waals surface area (Å²) in [7, 11) is 0. The summed E-state index contributed by atoms with van der Waals surface area (Å²) in [5, 5.41) is 3.64. The Bertz CT molecular complexity index is 330. The summed E-state index contributed by atoms with van der Waals surface area (Å²) in [5.74, 6) is 0.0473. The lowest BCUT2D eigenvalue weighted by atomic mass is 10.9. The zero-order valence-electron chi connectivity index (χ0n) is 6.17. The molecule has 0 radical (unpaired) electrons. The van der Waals surface area contributed by atoms with Gasteiger partial charge in [-0.3, -0.25) is 0 Å². The molecule has 0 atom stereocenters. The van der Waals surface area contributed by atoms with E-state index in [1.807, 2.05) is 0 Å². The molecule has 0 fully saturated rings. The number of rotatable bonds is 2. The summed E-state index contributed by atoms with van der Waals surface area (Å²) in [6.07, 6.45) is 1.79. The van der Waals surface area contributed by atoms with Gasteiger partial charge in [-0.05, 0) is 16.9 Å². The number of hydrogen-bond donors (Lipinski definition) is 1. The molecule has 1 aromatic heterocycles. The van der Waals surface area contributed by atoms with E-state index in [9.17, 15) is 0 Å². The standard InChI is InChI=1S/C4H5N7S/c1-12-4-8-2(5)7-3(9-4)10-11-6/h1H3,(H2,5,7,8,9). The quantitative estimate of drug-likeness (QED) is 0.319. The summed E-state index contributed by atoms with van der Waals surface area (Å²) >= 11 is 1.30. The van der Waals surface area contributed by atoms with Gasteiger partial charge in [0, 0.05) is 4.91 Å². The average molecular weight is 183 g/mol. The highest BCUT2D eigenvalue weighted by Crippen LogP contribution is 2.13. The van der Waals surface area contributed by atoms with Gasteiger partial charge in [0.05, 0.1) is 0 Å². The first-order valence-electron chi connectivity index (χ1n) is 2.87. The van der Waals surface area contributed by atoms with Crippen molar-refractivity contribution in [2.75, 3.05) is 12.0 Å². The van der Waals surface area contributed by atoms with Gasteiger partial charge in [0.2, 0.25) is 11.9 Å². The summed E-state index contributed by atoms with van der Waals surface area (Å²) in [6, 6.07) is 0. The first-order chi connectivity index (χ1) is 5.76. The van der Waals surface area contributed by atoms with Crippen LogP contribution in [0.4, 0.5) is 11.9 Å². The van der Waals surface area contributed by atoms with Crippen LogP contribution in [0.15, 0.2) is 10.3 Å². The molecule has 0 bridgehead atoms. The van der Waals surface area contributed by atoms with Crippen molar-refractivity contribution < 1.29 is 0 Å². The second-order valence-electron chi connectivity index (χ2n) is 1.67. The van der Waals surface area contributed by atoms with Gasteiger partial charge in [-0.25, -0.2) is 4.98 Å².